The Bertz CT molecular complexity index is 1160. The van der Waals surface area contributed by atoms with E-state index in [9.17, 15) is 9.90 Å². The number of aliphatic hydroxyl groups excluding tert-OH is 1. The predicted octanol–water partition coefficient (Wildman–Crippen LogP) is 11.4. The zero-order chi connectivity index (χ0) is 38.8. The summed E-state index contributed by atoms with van der Waals surface area (Å²) in [6.45, 7) is 32.0. The standard InChI is InChI=1S/C25H48N2.C16H23BO4.C2H4/c1-9-21(2)12-10-13-22(3)14-15-23(4)27-20-25(7,8)17-11-16-24(5,6)18-19-26;1-4-5-14(18)9-12(3)21-15-7-6-13(8-11(15)2)10-20-16(17)19;1-2/h9,13H,10-12,14-20,26H2,1-8H3;6-8,12,14,18H,4-5,9-10H2,1-3H3;1-2H2/b21-9+,22-13+,27-23?;;. The van der Waals surface area contributed by atoms with Crippen LogP contribution in [-0.4, -0.2) is 49.8 Å². The average Bonchev–Trinajstić information content (AvgIpc) is 3.04. The van der Waals surface area contributed by atoms with E-state index in [1.165, 1.54) is 42.5 Å². The van der Waals surface area contributed by atoms with Crippen LogP contribution in [0.5, 0.6) is 5.75 Å². The molecule has 7 heteroatoms. The molecule has 0 heterocycles. The first kappa shape index (κ1) is 49.5. The smallest absolute Gasteiger partial charge is 0.236 e. The zero-order valence-electron chi connectivity index (χ0n) is 34.1. The number of carbonyl (C=O) groups is 1. The maximum Gasteiger partial charge on any atom is 0.236 e. The van der Waals surface area contributed by atoms with Crippen LogP contribution in [0.4, 0.5) is 4.79 Å². The molecule has 1 aromatic rings. The summed E-state index contributed by atoms with van der Waals surface area (Å²) in [5.74, 6) is -0.0134. The van der Waals surface area contributed by atoms with Crippen LogP contribution in [0.25, 0.3) is 0 Å². The minimum atomic E-state index is -0.786. The molecule has 0 aliphatic carbocycles. The van der Waals surface area contributed by atoms with Crippen LogP contribution in [-0.2, 0) is 11.3 Å². The van der Waals surface area contributed by atoms with Crippen molar-refractivity contribution < 1.29 is 19.4 Å². The molecular weight excluding hydrogens is 619 g/mol. The molecular formula is C43H75BN2O4. The molecule has 3 N–H and O–H groups in total. The lowest BCUT2D eigenvalue weighted by atomic mass is 9.80. The SMILES string of the molecule is C/C=C(\C)CC/C=C(\C)CCC(C)=NCC(C)(C)CCCC(C)(C)CCN.C=C.[B]C(=O)OCc1ccc(OC(C)CC(O)CCC)c(C)c1. The van der Waals surface area contributed by atoms with Gasteiger partial charge in [0.15, 0.2) is 0 Å². The number of carbonyl (C=O) groups excluding carboxylic acids is 1. The first-order valence-corrected chi connectivity index (χ1v) is 18.8. The van der Waals surface area contributed by atoms with Crippen LogP contribution in [0.2, 0.25) is 0 Å². The van der Waals surface area contributed by atoms with Crippen LogP contribution in [0.1, 0.15) is 151 Å². The number of hydrogen-bond donors (Lipinski definition) is 2. The summed E-state index contributed by atoms with van der Waals surface area (Å²) >= 11 is 0. The van der Waals surface area contributed by atoms with Gasteiger partial charge in [-0.25, -0.2) is 0 Å². The first-order chi connectivity index (χ1) is 23.4. The number of allylic oxidation sites excluding steroid dienone is 4. The molecule has 0 fully saturated rings. The Morgan fingerprint density at radius 1 is 1.04 bits per heavy atom. The summed E-state index contributed by atoms with van der Waals surface area (Å²) in [7, 11) is 4.94. The van der Waals surface area contributed by atoms with E-state index in [2.05, 4.69) is 80.7 Å². The molecule has 0 amide bonds. The van der Waals surface area contributed by atoms with Crippen LogP contribution >= 0.6 is 0 Å². The molecule has 0 spiro atoms. The van der Waals surface area contributed by atoms with Gasteiger partial charge in [0.2, 0.25) is 13.7 Å². The van der Waals surface area contributed by atoms with Gasteiger partial charge in [0.1, 0.15) is 12.4 Å². The average molecular weight is 695 g/mol. The quantitative estimate of drug-likeness (QED) is 0.0716. The van der Waals surface area contributed by atoms with E-state index in [0.717, 1.165) is 68.5 Å². The minimum absolute atomic E-state index is 0.0574. The Kier molecular flexibility index (Phi) is 27.7. The summed E-state index contributed by atoms with van der Waals surface area (Å²) in [4.78, 5) is 15.5. The van der Waals surface area contributed by atoms with Crippen molar-refractivity contribution >= 4 is 19.4 Å². The molecule has 2 atom stereocenters. The summed E-state index contributed by atoms with van der Waals surface area (Å²) in [5.41, 5.74) is 12.5. The second-order valence-corrected chi connectivity index (χ2v) is 15.3. The monoisotopic (exact) mass is 695 g/mol. The number of benzene rings is 1. The van der Waals surface area contributed by atoms with Crippen molar-refractivity contribution in [1.82, 2.24) is 0 Å². The zero-order valence-corrected chi connectivity index (χ0v) is 34.1. The highest BCUT2D eigenvalue weighted by Crippen LogP contribution is 2.31. The van der Waals surface area contributed by atoms with Crippen molar-refractivity contribution in [3.05, 3.63) is 65.8 Å². The second-order valence-electron chi connectivity index (χ2n) is 15.3. The summed E-state index contributed by atoms with van der Waals surface area (Å²) < 4.78 is 10.6. The third-order valence-electron chi connectivity index (χ3n) is 8.89. The highest BCUT2D eigenvalue weighted by Gasteiger charge is 2.21. The fraction of sp³-hybridized carbons (Fsp3) is 0.674. The number of hydrogen-bond acceptors (Lipinski definition) is 6. The fourth-order valence-corrected chi connectivity index (χ4v) is 5.43. The minimum Gasteiger partial charge on any atom is -0.490 e. The second kappa shape index (κ2) is 28.0. The van der Waals surface area contributed by atoms with E-state index >= 15 is 0 Å². The Morgan fingerprint density at radius 2 is 1.68 bits per heavy atom. The van der Waals surface area contributed by atoms with Gasteiger partial charge in [0.05, 0.1) is 12.2 Å². The van der Waals surface area contributed by atoms with Gasteiger partial charge in [-0.15, -0.1) is 13.2 Å². The molecule has 284 valence electrons. The number of aliphatic hydroxyl groups is 1. The third-order valence-corrected chi connectivity index (χ3v) is 8.89. The van der Waals surface area contributed by atoms with Gasteiger partial charge in [-0.1, -0.05) is 76.8 Å². The normalized spacial score (nSPS) is 13.7. The van der Waals surface area contributed by atoms with Crippen LogP contribution in [0, 0.1) is 17.8 Å². The van der Waals surface area contributed by atoms with Gasteiger partial charge >= 0.3 is 0 Å². The number of nitrogens with zero attached hydrogens (tertiary/aromatic N) is 1. The van der Waals surface area contributed by atoms with Gasteiger partial charge in [-0.05, 0) is 134 Å². The summed E-state index contributed by atoms with van der Waals surface area (Å²) in [6.07, 6.45) is 16.0. The lowest BCUT2D eigenvalue weighted by Crippen LogP contribution is -2.20. The third kappa shape index (κ3) is 27.1. The van der Waals surface area contributed by atoms with Crippen molar-refractivity contribution in [3.8, 4) is 5.75 Å². The molecule has 0 bridgehead atoms. The van der Waals surface area contributed by atoms with Gasteiger partial charge in [0, 0.05) is 18.7 Å². The topological polar surface area (TPSA) is 94.1 Å². The van der Waals surface area contributed by atoms with E-state index in [-0.39, 0.29) is 24.2 Å². The van der Waals surface area contributed by atoms with Gasteiger partial charge in [0.25, 0.3) is 0 Å². The van der Waals surface area contributed by atoms with E-state index < -0.39 is 5.87 Å². The lowest BCUT2D eigenvalue weighted by Gasteiger charge is -2.27. The summed E-state index contributed by atoms with van der Waals surface area (Å²) in [6, 6.07) is 5.58. The lowest BCUT2D eigenvalue weighted by molar-refractivity contribution is 0.0959. The Morgan fingerprint density at radius 3 is 2.24 bits per heavy atom. The van der Waals surface area contributed by atoms with Crippen molar-refractivity contribution in [3.63, 3.8) is 0 Å². The predicted molar refractivity (Wildman–Crippen MR) is 219 cm³/mol. The largest absolute Gasteiger partial charge is 0.490 e. The van der Waals surface area contributed by atoms with Crippen molar-refractivity contribution in [2.75, 3.05) is 13.1 Å². The molecule has 2 unspecified atom stereocenters. The number of aryl methyl sites for hydroxylation is 1. The maximum absolute atomic E-state index is 10.6. The van der Waals surface area contributed by atoms with E-state index in [0.29, 0.717) is 11.8 Å². The van der Waals surface area contributed by atoms with Gasteiger partial charge < -0.3 is 20.3 Å². The molecule has 0 saturated carbocycles. The highest BCUT2D eigenvalue weighted by atomic mass is 16.5. The number of nitrogens with two attached hydrogens (primary N) is 1. The number of ether oxygens (including phenoxy) is 2. The molecule has 2 radical (unpaired) electrons. The van der Waals surface area contributed by atoms with Crippen LogP contribution in [0.15, 0.2) is 59.6 Å². The molecule has 0 aliphatic rings. The fourth-order valence-electron chi connectivity index (χ4n) is 5.43. The van der Waals surface area contributed by atoms with Crippen molar-refractivity contribution in [2.24, 2.45) is 21.6 Å². The molecule has 50 heavy (non-hydrogen) atoms. The van der Waals surface area contributed by atoms with E-state index in [1.54, 1.807) is 0 Å². The molecule has 0 aromatic heterocycles. The highest BCUT2D eigenvalue weighted by molar-refractivity contribution is 6.55. The van der Waals surface area contributed by atoms with E-state index in [1.807, 2.05) is 39.0 Å². The van der Waals surface area contributed by atoms with Crippen molar-refractivity contribution in [1.29, 1.82) is 0 Å². The molecule has 6 nitrogen and oxygen atoms in total. The molecule has 1 aromatic carbocycles. The van der Waals surface area contributed by atoms with Gasteiger partial charge in [-0.2, -0.15) is 0 Å². The Balaban J connectivity index is 0. The summed E-state index contributed by atoms with van der Waals surface area (Å²) in [5, 5.41) is 9.79. The van der Waals surface area contributed by atoms with Gasteiger partial charge in [-0.3, -0.25) is 9.79 Å². The molecule has 0 aliphatic heterocycles. The first-order valence-electron chi connectivity index (χ1n) is 18.8. The molecule has 0 saturated heterocycles. The van der Waals surface area contributed by atoms with Crippen LogP contribution in [0.3, 0.4) is 0 Å². The maximum atomic E-state index is 10.6. The Hall–Kier alpha value is -2.64. The number of aliphatic imine (C=N–C) groups is 1. The van der Waals surface area contributed by atoms with E-state index in [4.69, 9.17) is 28.0 Å². The molecule has 1 rings (SSSR count). The van der Waals surface area contributed by atoms with Crippen molar-refractivity contribution in [2.45, 2.75) is 166 Å². The number of rotatable bonds is 22. The van der Waals surface area contributed by atoms with Crippen LogP contribution < -0.4 is 10.5 Å². The Labute approximate surface area is 309 Å².